The maximum atomic E-state index is 12.6. The number of rotatable bonds is 2. The third-order valence-corrected chi connectivity index (χ3v) is 3.92. The van der Waals surface area contributed by atoms with E-state index in [1.807, 2.05) is 51.1 Å². The fourth-order valence-corrected chi connectivity index (χ4v) is 2.63. The molecule has 0 saturated carbocycles. The largest absolute Gasteiger partial charge is 0.444 e. The molecule has 2 aromatic rings. The lowest BCUT2D eigenvalue weighted by Crippen LogP contribution is -2.51. The lowest BCUT2D eigenvalue weighted by Gasteiger charge is -2.35. The molecule has 1 aliphatic heterocycles. The highest BCUT2D eigenvalue weighted by Crippen LogP contribution is 2.13. The van der Waals surface area contributed by atoms with Crippen molar-refractivity contribution in [2.75, 3.05) is 26.2 Å². The molecule has 8 nitrogen and oxygen atoms in total. The van der Waals surface area contributed by atoms with Gasteiger partial charge in [-0.1, -0.05) is 18.2 Å². The van der Waals surface area contributed by atoms with Crippen LogP contribution in [-0.4, -0.2) is 68.6 Å². The van der Waals surface area contributed by atoms with Crippen molar-refractivity contribution in [3.63, 3.8) is 0 Å². The van der Waals surface area contributed by atoms with Crippen LogP contribution in [0.2, 0.25) is 0 Å². The first-order chi connectivity index (χ1) is 12.3. The van der Waals surface area contributed by atoms with E-state index in [0.29, 0.717) is 31.9 Å². The fraction of sp³-hybridized carbons (Fsp3) is 0.444. The fourth-order valence-electron chi connectivity index (χ4n) is 2.63. The molecule has 8 heteroatoms. The van der Waals surface area contributed by atoms with Crippen molar-refractivity contribution in [2.45, 2.75) is 26.4 Å². The van der Waals surface area contributed by atoms with Gasteiger partial charge in [0, 0.05) is 26.2 Å². The maximum absolute atomic E-state index is 12.6. The van der Waals surface area contributed by atoms with E-state index in [1.165, 1.54) is 11.0 Å². The topological polar surface area (TPSA) is 80.6 Å². The lowest BCUT2D eigenvalue weighted by molar-refractivity contribution is 0.0140. The van der Waals surface area contributed by atoms with Crippen LogP contribution >= 0.6 is 0 Å². The third kappa shape index (κ3) is 4.19. The number of carbonyl (C=O) groups excluding carboxylic acids is 2. The zero-order chi connectivity index (χ0) is 18.7. The summed E-state index contributed by atoms with van der Waals surface area (Å²) in [5.74, 6) is -0.184. The SMILES string of the molecule is CC(C)(C)OC(=O)N1CCN(C(=O)c2cnn(-c3ccccc3)n2)CC1. The molecule has 2 amide bonds. The van der Waals surface area contributed by atoms with Crippen LogP contribution in [0.25, 0.3) is 5.69 Å². The zero-order valence-corrected chi connectivity index (χ0v) is 15.3. The van der Waals surface area contributed by atoms with Crippen LogP contribution in [-0.2, 0) is 4.74 Å². The van der Waals surface area contributed by atoms with Crippen molar-refractivity contribution in [3.05, 3.63) is 42.2 Å². The minimum Gasteiger partial charge on any atom is -0.444 e. The summed E-state index contributed by atoms with van der Waals surface area (Å²) in [6.45, 7) is 7.26. The van der Waals surface area contributed by atoms with E-state index in [2.05, 4.69) is 10.2 Å². The molecule has 0 aliphatic carbocycles. The molecule has 0 atom stereocenters. The molecule has 3 rings (SSSR count). The van der Waals surface area contributed by atoms with E-state index in [4.69, 9.17) is 4.74 Å². The number of para-hydroxylation sites is 1. The van der Waals surface area contributed by atoms with Crippen molar-refractivity contribution in [1.82, 2.24) is 24.8 Å². The van der Waals surface area contributed by atoms with Gasteiger partial charge in [0.25, 0.3) is 5.91 Å². The minimum absolute atomic E-state index is 0.184. The molecule has 138 valence electrons. The smallest absolute Gasteiger partial charge is 0.410 e. The second kappa shape index (κ2) is 7.15. The summed E-state index contributed by atoms with van der Waals surface area (Å²) in [7, 11) is 0. The molecule has 1 fully saturated rings. The van der Waals surface area contributed by atoms with Crippen molar-refractivity contribution in [3.8, 4) is 5.69 Å². The number of hydrogen-bond acceptors (Lipinski definition) is 5. The average Bonchev–Trinajstić information content (AvgIpc) is 3.11. The molecule has 2 heterocycles. The molecule has 1 aromatic heterocycles. The summed E-state index contributed by atoms with van der Waals surface area (Å²) < 4.78 is 5.37. The summed E-state index contributed by atoms with van der Waals surface area (Å²) in [6.07, 6.45) is 1.12. The second-order valence-corrected chi connectivity index (χ2v) is 7.11. The Morgan fingerprint density at radius 2 is 1.62 bits per heavy atom. The molecule has 0 spiro atoms. The second-order valence-electron chi connectivity index (χ2n) is 7.11. The van der Waals surface area contributed by atoms with Crippen molar-refractivity contribution >= 4 is 12.0 Å². The summed E-state index contributed by atoms with van der Waals surface area (Å²) in [5, 5.41) is 8.43. The number of piperazine rings is 1. The molecular weight excluding hydrogens is 334 g/mol. The molecule has 0 radical (unpaired) electrons. The Morgan fingerprint density at radius 3 is 2.23 bits per heavy atom. The van der Waals surface area contributed by atoms with Crippen molar-refractivity contribution in [2.24, 2.45) is 0 Å². The number of nitrogens with zero attached hydrogens (tertiary/aromatic N) is 5. The average molecular weight is 357 g/mol. The van der Waals surface area contributed by atoms with Crippen molar-refractivity contribution < 1.29 is 14.3 Å². The monoisotopic (exact) mass is 357 g/mol. The number of carbonyl (C=O) groups is 2. The van der Waals surface area contributed by atoms with E-state index in [1.54, 1.807) is 9.80 Å². The van der Waals surface area contributed by atoms with Crippen molar-refractivity contribution in [1.29, 1.82) is 0 Å². The molecule has 0 unspecified atom stereocenters. The van der Waals surface area contributed by atoms with E-state index >= 15 is 0 Å². The number of aromatic nitrogens is 3. The Hall–Kier alpha value is -2.90. The Bertz CT molecular complexity index is 774. The third-order valence-electron chi connectivity index (χ3n) is 3.92. The number of ether oxygens (including phenoxy) is 1. The molecule has 0 N–H and O–H groups in total. The van der Waals surface area contributed by atoms with Crippen LogP contribution in [0.1, 0.15) is 31.3 Å². The van der Waals surface area contributed by atoms with Gasteiger partial charge in [-0.05, 0) is 32.9 Å². The van der Waals surface area contributed by atoms with Gasteiger partial charge in [0.05, 0.1) is 11.9 Å². The van der Waals surface area contributed by atoms with Crippen LogP contribution in [0.3, 0.4) is 0 Å². The predicted octanol–water partition coefficient (Wildman–Crippen LogP) is 1.96. The standard InChI is InChI=1S/C18H23N5O3/c1-18(2,3)26-17(25)22-11-9-21(10-12-22)16(24)15-13-19-23(20-15)14-7-5-4-6-8-14/h4-8,13H,9-12H2,1-3H3. The molecule has 1 saturated heterocycles. The van der Waals surface area contributed by atoms with E-state index in [9.17, 15) is 9.59 Å². The van der Waals surface area contributed by atoms with E-state index in [-0.39, 0.29) is 12.0 Å². The van der Waals surface area contributed by atoms with E-state index < -0.39 is 5.60 Å². The van der Waals surface area contributed by atoms with Crippen LogP contribution in [0.5, 0.6) is 0 Å². The van der Waals surface area contributed by atoms with Crippen LogP contribution in [0.15, 0.2) is 36.5 Å². The van der Waals surface area contributed by atoms with Gasteiger partial charge in [0.1, 0.15) is 5.60 Å². The van der Waals surface area contributed by atoms with Gasteiger partial charge in [-0.25, -0.2) is 4.79 Å². The normalized spacial score (nSPS) is 15.0. The molecule has 0 bridgehead atoms. The van der Waals surface area contributed by atoms with Crippen LogP contribution in [0.4, 0.5) is 4.79 Å². The van der Waals surface area contributed by atoms with Gasteiger partial charge < -0.3 is 14.5 Å². The lowest BCUT2D eigenvalue weighted by atomic mass is 10.2. The highest BCUT2D eigenvalue weighted by molar-refractivity contribution is 5.92. The Kier molecular flexibility index (Phi) is 4.92. The molecular formula is C18H23N5O3. The number of benzene rings is 1. The minimum atomic E-state index is -0.528. The molecule has 1 aromatic carbocycles. The van der Waals surface area contributed by atoms with Crippen LogP contribution < -0.4 is 0 Å². The first kappa shape index (κ1) is 17.9. The Labute approximate surface area is 152 Å². The maximum Gasteiger partial charge on any atom is 0.410 e. The van der Waals surface area contributed by atoms with Gasteiger partial charge in [0.2, 0.25) is 0 Å². The van der Waals surface area contributed by atoms with E-state index in [0.717, 1.165) is 5.69 Å². The summed E-state index contributed by atoms with van der Waals surface area (Å²) >= 11 is 0. The van der Waals surface area contributed by atoms with Gasteiger partial charge >= 0.3 is 6.09 Å². The van der Waals surface area contributed by atoms with Gasteiger partial charge in [-0.3, -0.25) is 4.79 Å². The highest BCUT2D eigenvalue weighted by Gasteiger charge is 2.29. The first-order valence-electron chi connectivity index (χ1n) is 8.58. The predicted molar refractivity (Wildman–Crippen MR) is 95.1 cm³/mol. The van der Waals surface area contributed by atoms with Gasteiger partial charge in [0.15, 0.2) is 5.69 Å². The van der Waals surface area contributed by atoms with Gasteiger partial charge in [-0.15, -0.1) is 5.10 Å². The number of hydrogen-bond donors (Lipinski definition) is 0. The zero-order valence-electron chi connectivity index (χ0n) is 15.3. The Balaban J connectivity index is 1.59. The summed E-state index contributed by atoms with van der Waals surface area (Å²) in [5.41, 5.74) is 0.556. The quantitative estimate of drug-likeness (QED) is 0.821. The first-order valence-corrected chi connectivity index (χ1v) is 8.58. The molecule has 1 aliphatic rings. The Morgan fingerprint density at radius 1 is 1.00 bits per heavy atom. The van der Waals surface area contributed by atoms with Crippen LogP contribution in [0, 0.1) is 0 Å². The summed E-state index contributed by atoms with van der Waals surface area (Å²) in [4.78, 5) is 29.5. The summed E-state index contributed by atoms with van der Waals surface area (Å²) in [6, 6.07) is 9.41. The molecule has 26 heavy (non-hydrogen) atoms. The van der Waals surface area contributed by atoms with Gasteiger partial charge in [-0.2, -0.15) is 9.90 Å². The number of amides is 2. The highest BCUT2D eigenvalue weighted by atomic mass is 16.6.